The molecule has 0 spiro atoms. The number of rotatable bonds is 2. The zero-order valence-corrected chi connectivity index (χ0v) is 12.5. The maximum atomic E-state index is 12.8. The second-order valence-corrected chi connectivity index (χ2v) is 5.98. The molecule has 20 heavy (non-hydrogen) atoms. The van der Waals surface area contributed by atoms with Crippen LogP contribution in [-0.2, 0) is 11.8 Å². The molecule has 1 atom stereocenters. The smallest absolute Gasteiger partial charge is 0.264 e. The molecule has 0 aliphatic carbocycles. The molecule has 4 nitrogen and oxygen atoms in total. The molecule has 5 heteroatoms. The van der Waals surface area contributed by atoms with E-state index in [1.807, 2.05) is 42.6 Å². The summed E-state index contributed by atoms with van der Waals surface area (Å²) in [6, 6.07) is 6.05. The number of morpholine rings is 1. The molecule has 0 aromatic carbocycles. The molecule has 2 aromatic heterocycles. The number of carbonyl (C=O) groups excluding carboxylic acids is 1. The van der Waals surface area contributed by atoms with Gasteiger partial charge < -0.3 is 14.2 Å². The first-order valence-electron chi connectivity index (χ1n) is 6.72. The molecular weight excluding hydrogens is 272 g/mol. The van der Waals surface area contributed by atoms with E-state index in [4.69, 9.17) is 4.74 Å². The topological polar surface area (TPSA) is 34.5 Å². The minimum atomic E-state index is -0.00208. The third-order valence-electron chi connectivity index (χ3n) is 3.77. The number of thiophene rings is 1. The molecule has 1 saturated heterocycles. The quantitative estimate of drug-likeness (QED) is 0.852. The van der Waals surface area contributed by atoms with Gasteiger partial charge in [0.2, 0.25) is 0 Å². The average Bonchev–Trinajstić information content (AvgIpc) is 3.06. The summed E-state index contributed by atoms with van der Waals surface area (Å²) in [5, 5.41) is 1.97. The highest BCUT2D eigenvalue weighted by Gasteiger charge is 2.31. The predicted molar refractivity (Wildman–Crippen MR) is 79.1 cm³/mol. The Morgan fingerprint density at radius 3 is 2.95 bits per heavy atom. The molecule has 3 rings (SSSR count). The maximum Gasteiger partial charge on any atom is 0.264 e. The van der Waals surface area contributed by atoms with Crippen molar-refractivity contribution in [3.05, 3.63) is 45.9 Å². The Labute approximate surface area is 122 Å². The summed E-state index contributed by atoms with van der Waals surface area (Å²) < 4.78 is 7.64. The van der Waals surface area contributed by atoms with Gasteiger partial charge in [0.25, 0.3) is 5.91 Å². The first-order valence-corrected chi connectivity index (χ1v) is 7.60. The highest BCUT2D eigenvalue weighted by molar-refractivity contribution is 7.12. The number of hydrogen-bond acceptors (Lipinski definition) is 3. The van der Waals surface area contributed by atoms with Crippen molar-refractivity contribution in [2.24, 2.45) is 7.05 Å². The van der Waals surface area contributed by atoms with Crippen LogP contribution in [0.25, 0.3) is 0 Å². The summed E-state index contributed by atoms with van der Waals surface area (Å²) in [6.07, 6.45) is 2.00. The fourth-order valence-electron chi connectivity index (χ4n) is 2.63. The Hall–Kier alpha value is -1.59. The van der Waals surface area contributed by atoms with Gasteiger partial charge in [-0.05, 0) is 36.1 Å². The van der Waals surface area contributed by atoms with Crippen LogP contribution in [0.3, 0.4) is 0 Å². The Morgan fingerprint density at radius 1 is 1.45 bits per heavy atom. The van der Waals surface area contributed by atoms with Crippen LogP contribution >= 0.6 is 11.3 Å². The summed E-state index contributed by atoms with van der Waals surface area (Å²) in [4.78, 5) is 15.6. The minimum Gasteiger partial charge on any atom is -0.377 e. The lowest BCUT2D eigenvalue weighted by Gasteiger charge is -2.35. The number of nitrogens with zero attached hydrogens (tertiary/aromatic N) is 2. The SMILES string of the molecule is Cc1ccsc1C(=O)N1CCOC[C@@H]1c1cccn1C. The van der Waals surface area contributed by atoms with E-state index in [9.17, 15) is 4.79 Å². The van der Waals surface area contributed by atoms with Crippen LogP contribution in [0, 0.1) is 6.92 Å². The first-order chi connectivity index (χ1) is 9.68. The summed E-state index contributed by atoms with van der Waals surface area (Å²) in [5.74, 6) is 0.118. The van der Waals surface area contributed by atoms with Crippen molar-refractivity contribution >= 4 is 17.2 Å². The summed E-state index contributed by atoms with van der Waals surface area (Å²) in [5.41, 5.74) is 2.17. The summed E-state index contributed by atoms with van der Waals surface area (Å²) in [7, 11) is 2.00. The van der Waals surface area contributed by atoms with E-state index in [1.54, 1.807) is 0 Å². The lowest BCUT2D eigenvalue weighted by Crippen LogP contribution is -2.44. The van der Waals surface area contributed by atoms with Gasteiger partial charge >= 0.3 is 0 Å². The molecular formula is C15H18N2O2S. The zero-order chi connectivity index (χ0) is 14.1. The Balaban J connectivity index is 1.92. The fourth-order valence-corrected chi connectivity index (χ4v) is 3.51. The van der Waals surface area contributed by atoms with Gasteiger partial charge in [0.1, 0.15) is 0 Å². The number of hydrogen-bond donors (Lipinski definition) is 0. The normalized spacial score (nSPS) is 19.3. The summed E-state index contributed by atoms with van der Waals surface area (Å²) >= 11 is 1.52. The van der Waals surface area contributed by atoms with Crippen LogP contribution in [0.5, 0.6) is 0 Å². The van der Waals surface area contributed by atoms with Crippen molar-refractivity contribution in [1.29, 1.82) is 0 Å². The van der Waals surface area contributed by atoms with Crippen molar-refractivity contribution in [3.63, 3.8) is 0 Å². The van der Waals surface area contributed by atoms with E-state index >= 15 is 0 Å². The first kappa shape index (κ1) is 13.4. The van der Waals surface area contributed by atoms with Crippen LogP contribution in [-0.4, -0.2) is 35.1 Å². The van der Waals surface area contributed by atoms with Gasteiger partial charge in [-0.2, -0.15) is 0 Å². The van der Waals surface area contributed by atoms with E-state index in [2.05, 4.69) is 10.6 Å². The number of carbonyl (C=O) groups is 1. The van der Waals surface area contributed by atoms with Gasteiger partial charge in [-0.3, -0.25) is 4.79 Å². The minimum absolute atomic E-state index is 0.00208. The van der Waals surface area contributed by atoms with E-state index in [0.717, 1.165) is 16.1 Å². The molecule has 0 unspecified atom stereocenters. The number of aromatic nitrogens is 1. The molecule has 1 aliphatic rings. The van der Waals surface area contributed by atoms with Crippen LogP contribution in [0.15, 0.2) is 29.8 Å². The van der Waals surface area contributed by atoms with Gasteiger partial charge in [-0.25, -0.2) is 0 Å². The second kappa shape index (κ2) is 5.42. The maximum absolute atomic E-state index is 12.8. The lowest BCUT2D eigenvalue weighted by atomic mass is 10.1. The standard InChI is InChI=1S/C15H18N2O2S/c1-11-5-9-20-14(11)15(18)17-7-8-19-10-13(17)12-4-3-6-16(12)2/h3-6,9,13H,7-8,10H2,1-2H3/t13-/m1/s1. The van der Waals surface area contributed by atoms with Crippen molar-refractivity contribution < 1.29 is 9.53 Å². The fraction of sp³-hybridized carbons (Fsp3) is 0.400. The van der Waals surface area contributed by atoms with Gasteiger partial charge in [-0.1, -0.05) is 0 Å². The van der Waals surface area contributed by atoms with Crippen LogP contribution in [0.2, 0.25) is 0 Å². The predicted octanol–water partition coefficient (Wildman–Crippen LogP) is 2.61. The van der Waals surface area contributed by atoms with E-state index in [-0.39, 0.29) is 11.9 Å². The van der Waals surface area contributed by atoms with Crippen LogP contribution < -0.4 is 0 Å². The van der Waals surface area contributed by atoms with Gasteiger partial charge in [0, 0.05) is 25.5 Å². The van der Waals surface area contributed by atoms with Crippen molar-refractivity contribution in [1.82, 2.24) is 9.47 Å². The van der Waals surface area contributed by atoms with Crippen molar-refractivity contribution in [3.8, 4) is 0 Å². The Kier molecular flexibility index (Phi) is 3.63. The van der Waals surface area contributed by atoms with Gasteiger partial charge in [-0.15, -0.1) is 11.3 Å². The van der Waals surface area contributed by atoms with Gasteiger partial charge in [0.15, 0.2) is 0 Å². The lowest BCUT2D eigenvalue weighted by molar-refractivity contribution is -0.00440. The zero-order valence-electron chi connectivity index (χ0n) is 11.7. The van der Waals surface area contributed by atoms with Crippen LogP contribution in [0.1, 0.15) is 27.0 Å². The molecule has 3 heterocycles. The molecule has 0 radical (unpaired) electrons. The Bertz CT molecular complexity index is 617. The molecule has 1 fully saturated rings. The highest BCUT2D eigenvalue weighted by atomic mass is 32.1. The Morgan fingerprint density at radius 2 is 2.30 bits per heavy atom. The number of amides is 1. The van der Waals surface area contributed by atoms with Crippen molar-refractivity contribution in [2.75, 3.05) is 19.8 Å². The molecule has 1 aliphatic heterocycles. The largest absolute Gasteiger partial charge is 0.377 e. The van der Waals surface area contributed by atoms with E-state index in [0.29, 0.717) is 19.8 Å². The van der Waals surface area contributed by atoms with Gasteiger partial charge in [0.05, 0.1) is 24.1 Å². The van der Waals surface area contributed by atoms with Crippen LogP contribution in [0.4, 0.5) is 0 Å². The highest BCUT2D eigenvalue weighted by Crippen LogP contribution is 2.28. The molecule has 0 bridgehead atoms. The molecule has 0 saturated carbocycles. The average molecular weight is 290 g/mol. The molecule has 1 amide bonds. The third-order valence-corrected chi connectivity index (χ3v) is 4.78. The monoisotopic (exact) mass is 290 g/mol. The third kappa shape index (κ3) is 2.27. The van der Waals surface area contributed by atoms with E-state index < -0.39 is 0 Å². The number of ether oxygens (including phenoxy) is 1. The second-order valence-electron chi connectivity index (χ2n) is 5.07. The molecule has 0 N–H and O–H groups in total. The van der Waals surface area contributed by atoms with E-state index in [1.165, 1.54) is 11.3 Å². The molecule has 2 aromatic rings. The number of aryl methyl sites for hydroxylation is 2. The summed E-state index contributed by atoms with van der Waals surface area (Å²) in [6.45, 7) is 3.80. The van der Waals surface area contributed by atoms with Crippen molar-refractivity contribution in [2.45, 2.75) is 13.0 Å². The molecule has 106 valence electrons.